The van der Waals surface area contributed by atoms with Crippen molar-refractivity contribution >= 4 is 11.8 Å². The first-order chi connectivity index (χ1) is 7.33. The van der Waals surface area contributed by atoms with Crippen LogP contribution in [0, 0.1) is 6.92 Å². The summed E-state index contributed by atoms with van der Waals surface area (Å²) < 4.78 is 0. The summed E-state index contributed by atoms with van der Waals surface area (Å²) in [6.07, 6.45) is 4.77. The molecule has 0 saturated carbocycles. The molecular formula is C13H21NS. The predicted octanol–water partition coefficient (Wildman–Crippen LogP) is 3.23. The highest BCUT2D eigenvalue weighted by Gasteiger charge is 1.92. The van der Waals surface area contributed by atoms with Crippen LogP contribution in [0.2, 0.25) is 0 Å². The normalized spacial score (nSPS) is 10.5. The fraction of sp³-hybridized carbons (Fsp3) is 0.538. The van der Waals surface area contributed by atoms with Crippen LogP contribution >= 0.6 is 11.8 Å². The lowest BCUT2D eigenvalue weighted by Gasteiger charge is -2.05. The molecule has 1 aromatic rings. The zero-order chi connectivity index (χ0) is 10.9. The van der Waals surface area contributed by atoms with Gasteiger partial charge in [0.15, 0.2) is 0 Å². The second-order valence-electron chi connectivity index (χ2n) is 3.87. The summed E-state index contributed by atoms with van der Waals surface area (Å²) >= 11 is 1.93. The molecule has 1 nitrogen and oxygen atoms in total. The third-order valence-electron chi connectivity index (χ3n) is 2.36. The van der Waals surface area contributed by atoms with E-state index in [1.54, 1.807) is 0 Å². The van der Waals surface area contributed by atoms with E-state index in [2.05, 4.69) is 42.8 Å². The van der Waals surface area contributed by atoms with E-state index in [1.165, 1.54) is 29.7 Å². The van der Waals surface area contributed by atoms with E-state index in [-0.39, 0.29) is 0 Å². The molecule has 0 amide bonds. The van der Waals surface area contributed by atoms with Crippen molar-refractivity contribution in [3.05, 3.63) is 35.4 Å². The van der Waals surface area contributed by atoms with Crippen LogP contribution in [0.5, 0.6) is 0 Å². The van der Waals surface area contributed by atoms with Crippen LogP contribution in [0.3, 0.4) is 0 Å². The van der Waals surface area contributed by atoms with Gasteiger partial charge in [0.25, 0.3) is 0 Å². The smallest absolute Gasteiger partial charge is 0.0205 e. The minimum Gasteiger partial charge on any atom is -0.313 e. The molecule has 0 unspecified atom stereocenters. The van der Waals surface area contributed by atoms with Crippen LogP contribution in [0.1, 0.15) is 24.0 Å². The Bertz CT molecular complexity index is 273. The standard InChI is InChI=1S/C13H21NS/c1-12-6-5-7-13(10-12)11-14-8-3-4-9-15-2/h5-7,10,14H,3-4,8-9,11H2,1-2H3. The Morgan fingerprint density at radius 1 is 1.27 bits per heavy atom. The largest absolute Gasteiger partial charge is 0.313 e. The summed E-state index contributed by atoms with van der Waals surface area (Å²) in [7, 11) is 0. The van der Waals surface area contributed by atoms with Gasteiger partial charge in [0, 0.05) is 6.54 Å². The number of thioether (sulfide) groups is 1. The van der Waals surface area contributed by atoms with Gasteiger partial charge in [0.05, 0.1) is 0 Å². The summed E-state index contributed by atoms with van der Waals surface area (Å²) in [6.45, 7) is 4.28. The van der Waals surface area contributed by atoms with Crippen molar-refractivity contribution in [2.75, 3.05) is 18.6 Å². The molecule has 0 spiro atoms. The van der Waals surface area contributed by atoms with Crippen molar-refractivity contribution in [2.45, 2.75) is 26.3 Å². The van der Waals surface area contributed by atoms with Crippen molar-refractivity contribution in [3.63, 3.8) is 0 Å². The van der Waals surface area contributed by atoms with Crippen molar-refractivity contribution < 1.29 is 0 Å². The molecule has 0 aliphatic rings. The minimum absolute atomic E-state index is 1.00. The highest BCUT2D eigenvalue weighted by molar-refractivity contribution is 7.98. The summed E-state index contributed by atoms with van der Waals surface area (Å²) in [5, 5.41) is 3.48. The van der Waals surface area contributed by atoms with Crippen LogP contribution in [0.4, 0.5) is 0 Å². The molecule has 0 fully saturated rings. The molecule has 15 heavy (non-hydrogen) atoms. The Kier molecular flexibility index (Phi) is 6.53. The maximum atomic E-state index is 3.48. The van der Waals surface area contributed by atoms with E-state index in [0.29, 0.717) is 0 Å². The van der Waals surface area contributed by atoms with E-state index in [9.17, 15) is 0 Å². The molecule has 0 aliphatic carbocycles. The second kappa shape index (κ2) is 7.77. The maximum Gasteiger partial charge on any atom is 0.0205 e. The van der Waals surface area contributed by atoms with Crippen molar-refractivity contribution in [2.24, 2.45) is 0 Å². The Balaban J connectivity index is 2.10. The third kappa shape index (κ3) is 5.85. The summed E-state index contributed by atoms with van der Waals surface area (Å²) in [6, 6.07) is 8.69. The van der Waals surface area contributed by atoms with Crippen LogP contribution in [0.25, 0.3) is 0 Å². The Morgan fingerprint density at radius 3 is 2.87 bits per heavy atom. The monoisotopic (exact) mass is 223 g/mol. The average molecular weight is 223 g/mol. The predicted molar refractivity (Wildman–Crippen MR) is 70.5 cm³/mol. The molecule has 2 heteroatoms. The van der Waals surface area contributed by atoms with Crippen molar-refractivity contribution in [3.8, 4) is 0 Å². The fourth-order valence-corrected chi connectivity index (χ4v) is 2.04. The van der Waals surface area contributed by atoms with Gasteiger partial charge in [-0.25, -0.2) is 0 Å². The topological polar surface area (TPSA) is 12.0 Å². The van der Waals surface area contributed by atoms with Crippen molar-refractivity contribution in [1.82, 2.24) is 5.32 Å². The Hall–Kier alpha value is -0.470. The number of aryl methyl sites for hydroxylation is 1. The molecule has 0 heterocycles. The van der Waals surface area contributed by atoms with Gasteiger partial charge >= 0.3 is 0 Å². The summed E-state index contributed by atoms with van der Waals surface area (Å²) in [5.41, 5.74) is 2.73. The van der Waals surface area contributed by atoms with Gasteiger partial charge in [-0.1, -0.05) is 29.8 Å². The Labute approximate surface area is 97.7 Å². The maximum absolute atomic E-state index is 3.48. The van der Waals surface area contributed by atoms with Gasteiger partial charge in [0.1, 0.15) is 0 Å². The first kappa shape index (κ1) is 12.6. The first-order valence-corrected chi connectivity index (χ1v) is 6.97. The molecule has 84 valence electrons. The van der Waals surface area contributed by atoms with E-state index in [4.69, 9.17) is 0 Å². The quantitative estimate of drug-likeness (QED) is 0.712. The number of benzene rings is 1. The summed E-state index contributed by atoms with van der Waals surface area (Å²) in [5.74, 6) is 1.28. The van der Waals surface area contributed by atoms with Gasteiger partial charge in [-0.2, -0.15) is 11.8 Å². The molecule has 1 N–H and O–H groups in total. The molecular weight excluding hydrogens is 202 g/mol. The van der Waals surface area contributed by atoms with Gasteiger partial charge in [-0.05, 0) is 43.9 Å². The van der Waals surface area contributed by atoms with Gasteiger partial charge < -0.3 is 5.32 Å². The number of unbranched alkanes of at least 4 members (excludes halogenated alkanes) is 1. The zero-order valence-electron chi connectivity index (χ0n) is 9.75. The van der Waals surface area contributed by atoms with Gasteiger partial charge in [-0.3, -0.25) is 0 Å². The molecule has 1 aromatic carbocycles. The molecule has 0 atom stereocenters. The third-order valence-corrected chi connectivity index (χ3v) is 3.06. The molecule has 0 bridgehead atoms. The van der Waals surface area contributed by atoms with Gasteiger partial charge in [0.2, 0.25) is 0 Å². The van der Waals surface area contributed by atoms with Crippen LogP contribution in [-0.4, -0.2) is 18.6 Å². The number of hydrogen-bond donors (Lipinski definition) is 1. The van der Waals surface area contributed by atoms with E-state index in [0.717, 1.165) is 13.1 Å². The number of nitrogens with one attached hydrogen (secondary N) is 1. The summed E-state index contributed by atoms with van der Waals surface area (Å²) in [4.78, 5) is 0. The molecule has 1 rings (SSSR count). The fourth-order valence-electron chi connectivity index (χ4n) is 1.55. The van der Waals surface area contributed by atoms with Gasteiger partial charge in [-0.15, -0.1) is 0 Å². The average Bonchev–Trinajstić information content (AvgIpc) is 2.23. The van der Waals surface area contributed by atoms with Crippen LogP contribution in [-0.2, 0) is 6.54 Å². The molecule has 0 aliphatic heterocycles. The van der Waals surface area contributed by atoms with E-state index < -0.39 is 0 Å². The lowest BCUT2D eigenvalue weighted by Crippen LogP contribution is -2.14. The number of rotatable bonds is 7. The SMILES string of the molecule is CSCCCCNCc1cccc(C)c1. The van der Waals surface area contributed by atoms with E-state index >= 15 is 0 Å². The zero-order valence-corrected chi connectivity index (χ0v) is 10.6. The molecule has 0 saturated heterocycles. The highest BCUT2D eigenvalue weighted by atomic mass is 32.2. The molecule has 0 aromatic heterocycles. The van der Waals surface area contributed by atoms with E-state index in [1.807, 2.05) is 11.8 Å². The lowest BCUT2D eigenvalue weighted by atomic mass is 10.1. The Morgan fingerprint density at radius 2 is 2.13 bits per heavy atom. The van der Waals surface area contributed by atoms with Crippen molar-refractivity contribution in [1.29, 1.82) is 0 Å². The lowest BCUT2D eigenvalue weighted by molar-refractivity contribution is 0.644. The highest BCUT2D eigenvalue weighted by Crippen LogP contribution is 2.03. The van der Waals surface area contributed by atoms with Crippen LogP contribution in [0.15, 0.2) is 24.3 Å². The number of hydrogen-bond acceptors (Lipinski definition) is 2. The first-order valence-electron chi connectivity index (χ1n) is 5.58. The minimum atomic E-state index is 1.00. The molecule has 0 radical (unpaired) electrons. The second-order valence-corrected chi connectivity index (χ2v) is 4.85. The van der Waals surface area contributed by atoms with Crippen LogP contribution < -0.4 is 5.32 Å².